The molecule has 2 aromatic carbocycles. The van der Waals surface area contributed by atoms with Gasteiger partial charge < -0.3 is 10.6 Å². The minimum atomic E-state index is -4.68. The van der Waals surface area contributed by atoms with Crippen LogP contribution >= 0.6 is 23.2 Å². The molecule has 1 aliphatic heterocycles. The molecule has 0 bridgehead atoms. The summed E-state index contributed by atoms with van der Waals surface area (Å²) in [7, 11) is -3.67. The van der Waals surface area contributed by atoms with Crippen LogP contribution in [-0.4, -0.2) is 41.8 Å². The number of nitrogens with one attached hydrogen (secondary N) is 2. The van der Waals surface area contributed by atoms with Crippen molar-refractivity contribution in [2.45, 2.75) is 30.0 Å². The second kappa shape index (κ2) is 10.2. The molecule has 35 heavy (non-hydrogen) atoms. The topological polar surface area (TPSA) is 87.2 Å². The third-order valence-electron chi connectivity index (χ3n) is 5.45. The van der Waals surface area contributed by atoms with Crippen molar-refractivity contribution >= 4 is 50.7 Å². The van der Waals surface area contributed by atoms with Gasteiger partial charge in [-0.1, -0.05) is 41.4 Å². The minimum absolute atomic E-state index is 0.0667. The summed E-state index contributed by atoms with van der Waals surface area (Å²) in [5.74, 6) is -0.456. The summed E-state index contributed by atoms with van der Waals surface area (Å²) in [6.07, 6.45) is -3.36. The van der Waals surface area contributed by atoms with E-state index in [4.69, 9.17) is 23.2 Å². The van der Waals surface area contributed by atoms with Crippen LogP contribution in [0.1, 0.15) is 18.4 Å². The molecule has 0 amide bonds. The Hall–Kier alpha value is -2.60. The van der Waals surface area contributed by atoms with Gasteiger partial charge in [0.2, 0.25) is 16.0 Å². The van der Waals surface area contributed by atoms with E-state index < -0.39 is 27.8 Å². The zero-order valence-electron chi connectivity index (χ0n) is 18.1. The first kappa shape index (κ1) is 25.5. The monoisotopic (exact) mass is 545 g/mol. The van der Waals surface area contributed by atoms with Gasteiger partial charge in [0.1, 0.15) is 11.4 Å². The van der Waals surface area contributed by atoms with E-state index in [1.165, 1.54) is 28.6 Å². The summed E-state index contributed by atoms with van der Waals surface area (Å²) in [5.41, 5.74) is -0.568. The highest BCUT2D eigenvalue weighted by Crippen LogP contribution is 2.35. The summed E-state index contributed by atoms with van der Waals surface area (Å²) in [6, 6.07) is 12.2. The summed E-state index contributed by atoms with van der Waals surface area (Å²) >= 11 is 11.9. The number of benzene rings is 2. The Bertz CT molecular complexity index is 1300. The summed E-state index contributed by atoms with van der Waals surface area (Å²) in [6.45, 7) is 0.325. The van der Waals surface area contributed by atoms with Gasteiger partial charge in [-0.15, -0.1) is 0 Å². The van der Waals surface area contributed by atoms with E-state index in [2.05, 4.69) is 20.6 Å². The maximum atomic E-state index is 13.6. The highest BCUT2D eigenvalue weighted by molar-refractivity contribution is 7.89. The molecule has 0 aliphatic carbocycles. The Morgan fingerprint density at radius 2 is 1.69 bits per heavy atom. The lowest BCUT2D eigenvalue weighted by Gasteiger charge is -2.32. The van der Waals surface area contributed by atoms with E-state index in [1.807, 2.05) is 0 Å². The third-order valence-corrected chi connectivity index (χ3v) is 8.10. The fraction of sp³-hybridized carbons (Fsp3) is 0.273. The molecule has 0 spiro atoms. The van der Waals surface area contributed by atoms with E-state index in [9.17, 15) is 21.6 Å². The number of anilines is 3. The van der Waals surface area contributed by atoms with Crippen molar-refractivity contribution in [3.8, 4) is 0 Å². The Labute approximate surface area is 210 Å². The summed E-state index contributed by atoms with van der Waals surface area (Å²) in [4.78, 5) is 7.99. The predicted molar refractivity (Wildman–Crippen MR) is 129 cm³/mol. The number of hydrogen-bond donors (Lipinski definition) is 2. The molecule has 13 heteroatoms. The van der Waals surface area contributed by atoms with Crippen molar-refractivity contribution in [3.63, 3.8) is 0 Å². The Morgan fingerprint density at radius 3 is 2.31 bits per heavy atom. The molecule has 1 saturated heterocycles. The van der Waals surface area contributed by atoms with Crippen molar-refractivity contribution < 1.29 is 21.6 Å². The van der Waals surface area contributed by atoms with Crippen molar-refractivity contribution in [3.05, 3.63) is 70.3 Å². The first-order valence-electron chi connectivity index (χ1n) is 10.5. The van der Waals surface area contributed by atoms with Gasteiger partial charge in [-0.2, -0.15) is 22.5 Å². The first-order chi connectivity index (χ1) is 16.5. The van der Waals surface area contributed by atoms with Crippen LogP contribution in [0, 0.1) is 0 Å². The van der Waals surface area contributed by atoms with Crippen LogP contribution in [0.4, 0.5) is 30.6 Å². The molecular formula is C22H20Cl2F3N5O2S. The number of hydrogen-bond acceptors (Lipinski definition) is 6. The minimum Gasteiger partial charge on any atom is -0.367 e. The Kier molecular flexibility index (Phi) is 7.41. The molecule has 3 aromatic rings. The standard InChI is InChI=1S/C22H20Cl2F3N5O2S/c23-18-7-6-15(12-19(18)24)30-21-28-13-17(22(25,26)27)20(31-21)29-14-8-10-32(11-9-14)35(33,34)16-4-2-1-3-5-16/h1-7,12-14H,8-11H2,(H2,28,29,30,31). The SMILES string of the molecule is O=S(=O)(c1ccccc1)N1CCC(Nc2nc(Nc3ccc(Cl)c(Cl)c3)ncc2C(F)(F)F)CC1. The van der Waals surface area contributed by atoms with Crippen molar-refractivity contribution in [2.75, 3.05) is 23.7 Å². The Balaban J connectivity index is 1.50. The van der Waals surface area contributed by atoms with Crippen LogP contribution in [0.5, 0.6) is 0 Å². The highest BCUT2D eigenvalue weighted by atomic mass is 35.5. The average molecular weight is 546 g/mol. The normalized spacial score (nSPS) is 15.7. The summed E-state index contributed by atoms with van der Waals surface area (Å²) < 4.78 is 67.8. The van der Waals surface area contributed by atoms with Crippen LogP contribution in [0.15, 0.2) is 59.6 Å². The quantitative estimate of drug-likeness (QED) is 0.406. The van der Waals surface area contributed by atoms with E-state index in [0.29, 0.717) is 29.7 Å². The van der Waals surface area contributed by atoms with Crippen molar-refractivity contribution in [2.24, 2.45) is 0 Å². The predicted octanol–water partition coefficient (Wildman–Crippen LogP) is 5.81. The number of piperidine rings is 1. The lowest BCUT2D eigenvalue weighted by Crippen LogP contribution is -2.42. The Morgan fingerprint density at radius 1 is 1.00 bits per heavy atom. The van der Waals surface area contributed by atoms with Gasteiger partial charge in [0.15, 0.2) is 0 Å². The van der Waals surface area contributed by atoms with E-state index >= 15 is 0 Å². The molecule has 0 atom stereocenters. The number of rotatable bonds is 6. The maximum absolute atomic E-state index is 13.6. The van der Waals surface area contributed by atoms with Gasteiger partial charge in [0.25, 0.3) is 0 Å². The smallest absolute Gasteiger partial charge is 0.367 e. The highest BCUT2D eigenvalue weighted by Gasteiger charge is 2.37. The van der Waals surface area contributed by atoms with Crippen LogP contribution < -0.4 is 10.6 Å². The van der Waals surface area contributed by atoms with Gasteiger partial charge in [-0.3, -0.25) is 0 Å². The average Bonchev–Trinajstić information content (AvgIpc) is 2.82. The molecule has 0 radical (unpaired) electrons. The van der Waals surface area contributed by atoms with Gasteiger partial charge in [0.05, 0.1) is 14.9 Å². The molecule has 4 rings (SSSR count). The maximum Gasteiger partial charge on any atom is 0.421 e. The molecule has 1 fully saturated rings. The van der Waals surface area contributed by atoms with E-state index in [0.717, 1.165) is 0 Å². The molecule has 7 nitrogen and oxygen atoms in total. The number of aromatic nitrogens is 2. The van der Waals surface area contributed by atoms with Crippen LogP contribution in [-0.2, 0) is 16.2 Å². The fourth-order valence-corrected chi connectivity index (χ4v) is 5.43. The van der Waals surface area contributed by atoms with Crippen molar-refractivity contribution in [1.82, 2.24) is 14.3 Å². The number of nitrogens with zero attached hydrogens (tertiary/aromatic N) is 3. The molecule has 186 valence electrons. The lowest BCUT2D eigenvalue weighted by atomic mass is 10.1. The number of alkyl halides is 3. The largest absolute Gasteiger partial charge is 0.421 e. The molecule has 1 aromatic heterocycles. The fourth-order valence-electron chi connectivity index (χ4n) is 3.64. The summed E-state index contributed by atoms with van der Waals surface area (Å²) in [5, 5.41) is 6.24. The zero-order chi connectivity index (χ0) is 25.2. The lowest BCUT2D eigenvalue weighted by molar-refractivity contribution is -0.137. The second-order valence-corrected chi connectivity index (χ2v) is 10.6. The van der Waals surface area contributed by atoms with Gasteiger partial charge >= 0.3 is 6.18 Å². The molecule has 2 N–H and O–H groups in total. The van der Waals surface area contributed by atoms with Crippen LogP contribution in [0.3, 0.4) is 0 Å². The van der Waals surface area contributed by atoms with Crippen molar-refractivity contribution in [1.29, 1.82) is 0 Å². The van der Waals surface area contributed by atoms with E-state index in [1.54, 1.807) is 24.3 Å². The van der Waals surface area contributed by atoms with Gasteiger partial charge in [-0.05, 0) is 43.2 Å². The van der Waals surface area contributed by atoms with Gasteiger partial charge in [-0.25, -0.2) is 13.4 Å². The number of sulfonamides is 1. The second-order valence-electron chi connectivity index (χ2n) is 7.84. The molecular weight excluding hydrogens is 526 g/mol. The first-order valence-corrected chi connectivity index (χ1v) is 12.7. The molecule has 1 aliphatic rings. The van der Waals surface area contributed by atoms with Crippen LogP contribution in [0.25, 0.3) is 0 Å². The zero-order valence-corrected chi connectivity index (χ0v) is 20.4. The van der Waals surface area contributed by atoms with E-state index in [-0.39, 0.29) is 34.8 Å². The molecule has 0 saturated carbocycles. The number of halogens is 5. The van der Waals surface area contributed by atoms with Crippen LogP contribution in [0.2, 0.25) is 10.0 Å². The third kappa shape index (κ3) is 5.97. The molecule has 0 unspecified atom stereocenters. The van der Waals surface area contributed by atoms with Gasteiger partial charge in [0, 0.05) is 31.0 Å². The molecule has 2 heterocycles.